The maximum absolute atomic E-state index is 9.55. The third-order valence-corrected chi connectivity index (χ3v) is 5.52. The number of hydrogen-bond acceptors (Lipinski definition) is 4. The van der Waals surface area contributed by atoms with Gasteiger partial charge >= 0.3 is 0 Å². The molecule has 6 heteroatoms. The second-order valence-corrected chi connectivity index (χ2v) is 8.19. The number of ether oxygens (including phenoxy) is 2. The van der Waals surface area contributed by atoms with E-state index < -0.39 is 0 Å². The maximum atomic E-state index is 9.55. The fourth-order valence-corrected chi connectivity index (χ4v) is 3.47. The third-order valence-electron chi connectivity index (χ3n) is 5.08. The van der Waals surface area contributed by atoms with Gasteiger partial charge in [-0.15, -0.1) is 11.6 Å². The Morgan fingerprint density at radius 1 is 1.17 bits per heavy atom. The standard InChI is InChI=1S/C24H28Cl2N2O2/c1-4-17(9-11-27)16-30-21-7-5-19(6-8-21)24(2,3)20-13-18(15-28)23(22(26)14-20)29-12-10-25/h4-8,13-14H,9-12,16,27H2,1-3H3/b17-4+. The van der Waals surface area contributed by atoms with E-state index in [1.165, 1.54) is 5.57 Å². The van der Waals surface area contributed by atoms with Crippen molar-refractivity contribution in [2.45, 2.75) is 32.6 Å². The van der Waals surface area contributed by atoms with Crippen molar-refractivity contribution < 1.29 is 9.47 Å². The predicted octanol–water partition coefficient (Wildman–Crippen LogP) is 5.83. The molecule has 2 aromatic carbocycles. The summed E-state index contributed by atoms with van der Waals surface area (Å²) in [5, 5.41) is 9.95. The van der Waals surface area contributed by atoms with Gasteiger partial charge in [-0.2, -0.15) is 5.26 Å². The summed E-state index contributed by atoms with van der Waals surface area (Å²) in [5.41, 5.74) is 8.84. The van der Waals surface area contributed by atoms with Gasteiger partial charge < -0.3 is 15.2 Å². The van der Waals surface area contributed by atoms with E-state index in [1.54, 1.807) is 0 Å². The average molecular weight is 447 g/mol. The number of rotatable bonds is 10. The van der Waals surface area contributed by atoms with Crippen molar-refractivity contribution in [3.63, 3.8) is 0 Å². The Balaban J connectivity index is 2.24. The number of allylic oxidation sites excluding steroid dienone is 1. The highest BCUT2D eigenvalue weighted by Crippen LogP contribution is 2.38. The molecule has 0 bridgehead atoms. The van der Waals surface area contributed by atoms with Crippen molar-refractivity contribution >= 4 is 23.2 Å². The third kappa shape index (κ3) is 5.92. The van der Waals surface area contributed by atoms with Crippen LogP contribution in [0.25, 0.3) is 0 Å². The Kier molecular flexibility index (Phi) is 9.05. The second-order valence-electron chi connectivity index (χ2n) is 7.41. The lowest BCUT2D eigenvalue weighted by Crippen LogP contribution is -2.19. The molecule has 2 N–H and O–H groups in total. The Morgan fingerprint density at radius 2 is 1.87 bits per heavy atom. The molecule has 0 aliphatic rings. The largest absolute Gasteiger partial charge is 0.489 e. The van der Waals surface area contributed by atoms with Gasteiger partial charge in [0.15, 0.2) is 5.75 Å². The number of benzene rings is 2. The number of hydrogen-bond donors (Lipinski definition) is 1. The summed E-state index contributed by atoms with van der Waals surface area (Å²) in [6, 6.07) is 13.8. The van der Waals surface area contributed by atoms with Gasteiger partial charge in [0, 0.05) is 5.41 Å². The normalized spacial score (nSPS) is 11.8. The lowest BCUT2D eigenvalue weighted by Gasteiger charge is -2.27. The van der Waals surface area contributed by atoms with Crippen molar-refractivity contribution in [3.05, 3.63) is 69.8 Å². The second kappa shape index (κ2) is 11.3. The number of nitrogens with two attached hydrogens (primary N) is 1. The van der Waals surface area contributed by atoms with Crippen molar-refractivity contribution in [2.24, 2.45) is 5.73 Å². The molecule has 0 saturated heterocycles. The van der Waals surface area contributed by atoms with Gasteiger partial charge in [0.25, 0.3) is 0 Å². The molecule has 0 saturated carbocycles. The molecule has 160 valence electrons. The number of halogens is 2. The maximum Gasteiger partial charge on any atom is 0.155 e. The van der Waals surface area contributed by atoms with E-state index in [0.29, 0.717) is 42.0 Å². The first-order chi connectivity index (χ1) is 14.4. The van der Waals surface area contributed by atoms with E-state index in [4.69, 9.17) is 38.4 Å². The highest BCUT2D eigenvalue weighted by Gasteiger charge is 2.26. The van der Waals surface area contributed by atoms with E-state index in [0.717, 1.165) is 23.3 Å². The molecule has 0 unspecified atom stereocenters. The zero-order chi connectivity index (χ0) is 22.1. The summed E-state index contributed by atoms with van der Waals surface area (Å²) in [4.78, 5) is 0. The zero-order valence-electron chi connectivity index (χ0n) is 17.7. The van der Waals surface area contributed by atoms with Crippen molar-refractivity contribution in [2.75, 3.05) is 25.6 Å². The summed E-state index contributed by atoms with van der Waals surface area (Å²) in [6.45, 7) is 7.61. The zero-order valence-corrected chi connectivity index (χ0v) is 19.2. The molecule has 0 aliphatic carbocycles. The van der Waals surface area contributed by atoms with Crippen LogP contribution in [0, 0.1) is 11.3 Å². The van der Waals surface area contributed by atoms with Crippen LogP contribution < -0.4 is 15.2 Å². The molecule has 0 fully saturated rings. The van der Waals surface area contributed by atoms with Gasteiger partial charge in [-0.3, -0.25) is 0 Å². The SMILES string of the molecule is C/C=C(\CCN)COc1ccc(C(C)(C)c2cc(Cl)c(OCCCl)c(C#N)c2)cc1. The Bertz CT molecular complexity index is 916. The summed E-state index contributed by atoms with van der Waals surface area (Å²) < 4.78 is 11.4. The van der Waals surface area contributed by atoms with Crippen LogP contribution in [0.4, 0.5) is 0 Å². The van der Waals surface area contributed by atoms with Crippen LogP contribution in [-0.2, 0) is 5.41 Å². The summed E-state index contributed by atoms with van der Waals surface area (Å²) in [6.07, 6.45) is 2.87. The fraction of sp³-hybridized carbons (Fsp3) is 0.375. The van der Waals surface area contributed by atoms with Gasteiger partial charge in [-0.1, -0.05) is 43.7 Å². The average Bonchev–Trinajstić information content (AvgIpc) is 2.75. The molecular weight excluding hydrogens is 419 g/mol. The highest BCUT2D eigenvalue weighted by atomic mass is 35.5. The molecule has 0 radical (unpaired) electrons. The van der Waals surface area contributed by atoms with Crippen LogP contribution in [0.5, 0.6) is 11.5 Å². The van der Waals surface area contributed by atoms with E-state index in [1.807, 2.05) is 49.4 Å². The van der Waals surface area contributed by atoms with Crippen molar-refractivity contribution in [1.82, 2.24) is 0 Å². The molecule has 2 rings (SSSR count). The van der Waals surface area contributed by atoms with Crippen LogP contribution >= 0.6 is 23.2 Å². The Morgan fingerprint density at radius 3 is 2.43 bits per heavy atom. The topological polar surface area (TPSA) is 68.3 Å². The van der Waals surface area contributed by atoms with E-state index in [-0.39, 0.29) is 5.41 Å². The molecule has 0 amide bonds. The monoisotopic (exact) mass is 446 g/mol. The van der Waals surface area contributed by atoms with Crippen LogP contribution in [-0.4, -0.2) is 25.6 Å². The summed E-state index contributed by atoms with van der Waals surface area (Å²) in [7, 11) is 0. The lowest BCUT2D eigenvalue weighted by molar-refractivity contribution is 0.341. The van der Waals surface area contributed by atoms with Crippen LogP contribution in [0.3, 0.4) is 0 Å². The molecule has 0 aliphatic heterocycles. The molecule has 0 spiro atoms. The van der Waals surface area contributed by atoms with Gasteiger partial charge in [-0.25, -0.2) is 0 Å². The van der Waals surface area contributed by atoms with Gasteiger partial charge in [-0.05, 0) is 60.9 Å². The van der Waals surface area contributed by atoms with Crippen LogP contribution in [0.1, 0.15) is 43.9 Å². The summed E-state index contributed by atoms with van der Waals surface area (Å²) >= 11 is 12.1. The molecular formula is C24H28Cl2N2O2. The van der Waals surface area contributed by atoms with Gasteiger partial charge in [0.1, 0.15) is 25.0 Å². The number of nitriles is 1. The predicted molar refractivity (Wildman–Crippen MR) is 124 cm³/mol. The van der Waals surface area contributed by atoms with E-state index in [2.05, 4.69) is 19.9 Å². The number of nitrogens with zero attached hydrogens (tertiary/aromatic N) is 1. The smallest absolute Gasteiger partial charge is 0.155 e. The molecule has 2 aromatic rings. The molecule has 0 atom stereocenters. The first-order valence-corrected chi connectivity index (χ1v) is 10.8. The molecule has 0 aromatic heterocycles. The first-order valence-electron chi connectivity index (χ1n) is 9.87. The minimum atomic E-state index is -0.368. The van der Waals surface area contributed by atoms with E-state index in [9.17, 15) is 5.26 Å². The Hall–Kier alpha value is -2.19. The van der Waals surface area contributed by atoms with Crippen molar-refractivity contribution in [3.8, 4) is 17.6 Å². The minimum absolute atomic E-state index is 0.292. The molecule has 30 heavy (non-hydrogen) atoms. The quantitative estimate of drug-likeness (QED) is 0.368. The molecule has 0 heterocycles. The van der Waals surface area contributed by atoms with Gasteiger partial charge in [0.05, 0.1) is 16.5 Å². The van der Waals surface area contributed by atoms with Crippen molar-refractivity contribution in [1.29, 1.82) is 5.26 Å². The van der Waals surface area contributed by atoms with E-state index >= 15 is 0 Å². The van der Waals surface area contributed by atoms with Crippen LogP contribution in [0.15, 0.2) is 48.0 Å². The number of alkyl halides is 1. The van der Waals surface area contributed by atoms with Gasteiger partial charge in [0.2, 0.25) is 0 Å². The molecule has 4 nitrogen and oxygen atoms in total. The highest BCUT2D eigenvalue weighted by molar-refractivity contribution is 6.32. The minimum Gasteiger partial charge on any atom is -0.489 e. The lowest BCUT2D eigenvalue weighted by atomic mass is 9.77. The summed E-state index contributed by atoms with van der Waals surface area (Å²) in [5.74, 6) is 1.50. The Labute approximate surface area is 189 Å². The van der Waals surface area contributed by atoms with Crippen LogP contribution in [0.2, 0.25) is 5.02 Å². The fourth-order valence-electron chi connectivity index (χ4n) is 3.12. The first kappa shape index (κ1) is 24.1.